The van der Waals surface area contributed by atoms with Crippen molar-refractivity contribution in [2.24, 2.45) is 0 Å². The second kappa shape index (κ2) is 9.53. The van der Waals surface area contributed by atoms with E-state index in [9.17, 15) is 13.2 Å². The average molecular weight is 391 g/mol. The molecule has 0 atom stereocenters. The number of carbonyl (C=O) groups is 1. The summed E-state index contributed by atoms with van der Waals surface area (Å²) in [6, 6.07) is 13.9. The molecule has 0 bridgehead atoms. The zero-order valence-corrected chi connectivity index (χ0v) is 16.7. The van der Waals surface area contributed by atoms with Crippen molar-refractivity contribution in [2.45, 2.75) is 37.7 Å². The van der Waals surface area contributed by atoms with Gasteiger partial charge < -0.3 is 10.1 Å². The molecule has 0 saturated carbocycles. The summed E-state index contributed by atoms with van der Waals surface area (Å²) in [6.45, 7) is 4.48. The molecular formula is C20H26N2O4S. The highest BCUT2D eigenvalue weighted by atomic mass is 32.2. The first-order valence-corrected chi connectivity index (χ1v) is 10.4. The predicted molar refractivity (Wildman–Crippen MR) is 106 cm³/mol. The number of hydrogen-bond donors (Lipinski definition) is 2. The van der Waals surface area contributed by atoms with Crippen LogP contribution in [0.15, 0.2) is 53.4 Å². The van der Waals surface area contributed by atoms with Crippen molar-refractivity contribution in [1.29, 1.82) is 0 Å². The van der Waals surface area contributed by atoms with Crippen molar-refractivity contribution in [3.63, 3.8) is 0 Å². The topological polar surface area (TPSA) is 84.5 Å². The van der Waals surface area contributed by atoms with E-state index in [1.54, 1.807) is 12.1 Å². The summed E-state index contributed by atoms with van der Waals surface area (Å²) in [5.41, 5.74) is 1.49. The van der Waals surface area contributed by atoms with Gasteiger partial charge in [-0.1, -0.05) is 18.2 Å². The van der Waals surface area contributed by atoms with Gasteiger partial charge in [-0.2, -0.15) is 0 Å². The van der Waals surface area contributed by atoms with E-state index in [2.05, 4.69) is 10.0 Å². The third kappa shape index (κ3) is 6.37. The molecule has 1 amide bonds. The van der Waals surface area contributed by atoms with Crippen LogP contribution in [0.5, 0.6) is 5.75 Å². The van der Waals surface area contributed by atoms with Gasteiger partial charge in [-0.15, -0.1) is 0 Å². The van der Waals surface area contributed by atoms with Gasteiger partial charge in [0.25, 0.3) is 5.91 Å². The van der Waals surface area contributed by atoms with Crippen LogP contribution in [0.1, 0.15) is 36.2 Å². The molecule has 0 radical (unpaired) electrons. The van der Waals surface area contributed by atoms with E-state index in [0.717, 1.165) is 18.6 Å². The fourth-order valence-electron chi connectivity index (χ4n) is 2.53. The normalized spacial score (nSPS) is 11.4. The van der Waals surface area contributed by atoms with Gasteiger partial charge in [0.05, 0.1) is 11.0 Å². The molecule has 0 aromatic heterocycles. The molecule has 0 saturated heterocycles. The Balaban J connectivity index is 1.83. The molecule has 2 rings (SSSR count). The first-order chi connectivity index (χ1) is 12.8. The molecule has 6 nitrogen and oxygen atoms in total. The first kappa shape index (κ1) is 20.9. The molecule has 0 aliphatic heterocycles. The fourth-order valence-corrected chi connectivity index (χ4v) is 3.30. The standard InChI is InChI=1S/C20H26N2O4S/c1-15(2)26-18-11-9-16(10-12-18)6-5-13-22-20(23)17-7-4-8-19(14-17)27(24,25)21-3/h4,7-12,14-15,21H,5-6,13H2,1-3H3,(H,22,23). The summed E-state index contributed by atoms with van der Waals surface area (Å²) in [7, 11) is -2.23. The number of sulfonamides is 1. The molecule has 27 heavy (non-hydrogen) atoms. The average Bonchev–Trinajstić information content (AvgIpc) is 2.66. The van der Waals surface area contributed by atoms with E-state index in [1.165, 1.54) is 24.7 Å². The number of carbonyl (C=O) groups excluding carboxylic acids is 1. The van der Waals surface area contributed by atoms with Crippen LogP contribution in [0.4, 0.5) is 0 Å². The van der Waals surface area contributed by atoms with Crippen molar-refractivity contribution in [2.75, 3.05) is 13.6 Å². The summed E-state index contributed by atoms with van der Waals surface area (Å²) in [5.74, 6) is 0.558. The van der Waals surface area contributed by atoms with Gasteiger partial charge in [0.15, 0.2) is 0 Å². The third-order valence-electron chi connectivity index (χ3n) is 3.90. The third-order valence-corrected chi connectivity index (χ3v) is 5.31. The van der Waals surface area contributed by atoms with Gasteiger partial charge in [0.2, 0.25) is 10.0 Å². The highest BCUT2D eigenvalue weighted by molar-refractivity contribution is 7.89. The molecule has 7 heteroatoms. The van der Waals surface area contributed by atoms with Crippen LogP contribution in [0, 0.1) is 0 Å². The first-order valence-electron chi connectivity index (χ1n) is 8.89. The maximum absolute atomic E-state index is 12.2. The highest BCUT2D eigenvalue weighted by Crippen LogP contribution is 2.15. The number of aryl methyl sites for hydroxylation is 1. The van der Waals surface area contributed by atoms with Crippen molar-refractivity contribution in [3.8, 4) is 5.75 Å². The van der Waals surface area contributed by atoms with E-state index < -0.39 is 10.0 Å². The lowest BCUT2D eigenvalue weighted by Crippen LogP contribution is -2.25. The van der Waals surface area contributed by atoms with Gasteiger partial charge in [-0.25, -0.2) is 13.1 Å². The monoisotopic (exact) mass is 390 g/mol. The molecular weight excluding hydrogens is 364 g/mol. The Morgan fingerprint density at radius 2 is 1.81 bits per heavy atom. The van der Waals surface area contributed by atoms with Crippen LogP contribution in [-0.2, 0) is 16.4 Å². The van der Waals surface area contributed by atoms with Crippen LogP contribution in [0.3, 0.4) is 0 Å². The second-order valence-electron chi connectivity index (χ2n) is 6.41. The van der Waals surface area contributed by atoms with Crippen molar-refractivity contribution >= 4 is 15.9 Å². The number of amides is 1. The van der Waals surface area contributed by atoms with E-state index in [4.69, 9.17) is 4.74 Å². The molecule has 0 heterocycles. The summed E-state index contributed by atoms with van der Waals surface area (Å²) in [4.78, 5) is 12.3. The lowest BCUT2D eigenvalue weighted by molar-refractivity contribution is 0.0953. The number of nitrogens with one attached hydrogen (secondary N) is 2. The number of hydrogen-bond acceptors (Lipinski definition) is 4. The summed E-state index contributed by atoms with van der Waals surface area (Å²) in [6.07, 6.45) is 1.76. The molecule has 0 fully saturated rings. The van der Waals surface area contributed by atoms with E-state index >= 15 is 0 Å². The second-order valence-corrected chi connectivity index (χ2v) is 8.29. The van der Waals surface area contributed by atoms with Crippen molar-refractivity contribution in [1.82, 2.24) is 10.0 Å². The molecule has 2 aromatic carbocycles. The molecule has 0 spiro atoms. The van der Waals surface area contributed by atoms with E-state index in [0.29, 0.717) is 12.1 Å². The Bertz CT molecular complexity index is 862. The van der Waals surface area contributed by atoms with Crippen LogP contribution in [-0.4, -0.2) is 34.0 Å². The minimum Gasteiger partial charge on any atom is -0.491 e. The lowest BCUT2D eigenvalue weighted by Gasteiger charge is -2.10. The quantitative estimate of drug-likeness (QED) is 0.645. The maximum Gasteiger partial charge on any atom is 0.251 e. The maximum atomic E-state index is 12.2. The zero-order valence-electron chi connectivity index (χ0n) is 15.9. The van der Waals surface area contributed by atoms with E-state index in [1.807, 2.05) is 38.1 Å². The fraction of sp³-hybridized carbons (Fsp3) is 0.350. The minimum atomic E-state index is -3.57. The highest BCUT2D eigenvalue weighted by Gasteiger charge is 2.14. The summed E-state index contributed by atoms with van der Waals surface area (Å²) >= 11 is 0. The van der Waals surface area contributed by atoms with E-state index in [-0.39, 0.29) is 16.9 Å². The summed E-state index contributed by atoms with van der Waals surface area (Å²) < 4.78 is 31.5. The van der Waals surface area contributed by atoms with Crippen LogP contribution in [0.2, 0.25) is 0 Å². The zero-order chi connectivity index (χ0) is 19.9. The Morgan fingerprint density at radius 3 is 2.44 bits per heavy atom. The largest absolute Gasteiger partial charge is 0.491 e. The molecule has 146 valence electrons. The Morgan fingerprint density at radius 1 is 1.11 bits per heavy atom. The SMILES string of the molecule is CNS(=O)(=O)c1cccc(C(=O)NCCCc2ccc(OC(C)C)cc2)c1. The Kier molecular flexibility index (Phi) is 7.38. The van der Waals surface area contributed by atoms with Crippen LogP contribution >= 0.6 is 0 Å². The molecule has 0 aliphatic carbocycles. The summed E-state index contributed by atoms with van der Waals surface area (Å²) in [5, 5.41) is 2.82. The Hall–Kier alpha value is -2.38. The molecule has 2 aromatic rings. The van der Waals surface area contributed by atoms with Gasteiger partial charge >= 0.3 is 0 Å². The van der Waals surface area contributed by atoms with Gasteiger partial charge in [-0.05, 0) is 69.6 Å². The van der Waals surface area contributed by atoms with Gasteiger partial charge in [0.1, 0.15) is 5.75 Å². The van der Waals surface area contributed by atoms with Crippen LogP contribution in [0.25, 0.3) is 0 Å². The van der Waals surface area contributed by atoms with Gasteiger partial charge in [0, 0.05) is 12.1 Å². The smallest absolute Gasteiger partial charge is 0.251 e. The Labute approximate surface area is 161 Å². The number of benzene rings is 2. The molecule has 0 unspecified atom stereocenters. The van der Waals surface area contributed by atoms with Crippen LogP contribution < -0.4 is 14.8 Å². The molecule has 2 N–H and O–H groups in total. The van der Waals surface area contributed by atoms with Gasteiger partial charge in [-0.3, -0.25) is 4.79 Å². The van der Waals surface area contributed by atoms with Crippen molar-refractivity contribution < 1.29 is 17.9 Å². The number of rotatable bonds is 9. The minimum absolute atomic E-state index is 0.0707. The molecule has 0 aliphatic rings. The number of ether oxygens (including phenoxy) is 1. The predicted octanol–water partition coefficient (Wildman–Crippen LogP) is 2.74. The van der Waals surface area contributed by atoms with Crippen molar-refractivity contribution in [3.05, 3.63) is 59.7 Å². The lowest BCUT2D eigenvalue weighted by atomic mass is 10.1.